The zero-order chi connectivity index (χ0) is 13.0. The fourth-order valence-corrected chi connectivity index (χ4v) is 1.74. The second-order valence-corrected chi connectivity index (χ2v) is 4.13. The fourth-order valence-electron chi connectivity index (χ4n) is 1.55. The molecule has 0 radical (unpaired) electrons. The number of pyridine rings is 1. The van der Waals surface area contributed by atoms with Crippen LogP contribution in [0.15, 0.2) is 47.8 Å². The van der Waals surface area contributed by atoms with Crippen LogP contribution in [0.25, 0.3) is 0 Å². The Bertz CT molecular complexity index is 569. The van der Waals surface area contributed by atoms with Crippen LogP contribution in [0.4, 0.5) is 4.39 Å². The van der Waals surface area contributed by atoms with Gasteiger partial charge in [-0.3, -0.25) is 4.98 Å². The summed E-state index contributed by atoms with van der Waals surface area (Å²) in [6.45, 7) is 0. The van der Waals surface area contributed by atoms with E-state index in [-0.39, 0.29) is 5.82 Å². The molecule has 0 amide bonds. The molecule has 0 aliphatic rings. The quantitative estimate of drug-likeness (QED) is 0.525. The molecule has 2 aromatic rings. The predicted octanol–water partition coefficient (Wildman–Crippen LogP) is 3.30. The topological polar surface area (TPSA) is 45.5 Å². The Morgan fingerprint density at radius 2 is 2.00 bits per heavy atom. The zero-order valence-electron chi connectivity index (χ0n) is 9.35. The smallest absolute Gasteiger partial charge is 0.123 e. The van der Waals surface area contributed by atoms with E-state index in [2.05, 4.69) is 10.1 Å². The summed E-state index contributed by atoms with van der Waals surface area (Å²) in [5, 5.41) is 12.8. The predicted molar refractivity (Wildman–Crippen MR) is 67.7 cm³/mol. The minimum Gasteiger partial charge on any atom is -0.411 e. The Hall–Kier alpha value is -1.94. The summed E-state index contributed by atoms with van der Waals surface area (Å²) in [6, 6.07) is 9.08. The number of rotatable bonds is 3. The number of benzene rings is 1. The van der Waals surface area contributed by atoms with Gasteiger partial charge in [-0.25, -0.2) is 4.39 Å². The van der Waals surface area contributed by atoms with E-state index >= 15 is 0 Å². The molecule has 0 saturated heterocycles. The maximum atomic E-state index is 12.8. The van der Waals surface area contributed by atoms with E-state index in [0.29, 0.717) is 28.4 Å². The van der Waals surface area contributed by atoms with Crippen molar-refractivity contribution < 1.29 is 9.60 Å². The van der Waals surface area contributed by atoms with Crippen molar-refractivity contribution in [3.05, 3.63) is 64.7 Å². The molecule has 0 saturated carbocycles. The first-order valence-corrected chi connectivity index (χ1v) is 5.64. The Morgan fingerprint density at radius 1 is 1.28 bits per heavy atom. The van der Waals surface area contributed by atoms with Crippen LogP contribution in [-0.2, 0) is 6.42 Å². The highest BCUT2D eigenvalue weighted by Gasteiger charge is 2.07. The van der Waals surface area contributed by atoms with Crippen molar-refractivity contribution in [2.45, 2.75) is 6.42 Å². The standard InChI is InChI=1S/C13H10ClFN2O/c14-10-5-6-16-12(7-10)8-13(17-18)9-1-3-11(15)4-2-9/h1-7,18H,8H2/b17-13+. The molecule has 5 heteroatoms. The monoisotopic (exact) mass is 264 g/mol. The second-order valence-electron chi connectivity index (χ2n) is 3.70. The van der Waals surface area contributed by atoms with Gasteiger partial charge in [0.15, 0.2) is 0 Å². The normalized spacial score (nSPS) is 11.6. The van der Waals surface area contributed by atoms with Crippen molar-refractivity contribution in [1.82, 2.24) is 4.98 Å². The Morgan fingerprint density at radius 3 is 2.61 bits per heavy atom. The van der Waals surface area contributed by atoms with Crippen LogP contribution >= 0.6 is 11.6 Å². The van der Waals surface area contributed by atoms with Crippen molar-refractivity contribution in [2.24, 2.45) is 5.16 Å². The summed E-state index contributed by atoms with van der Waals surface area (Å²) >= 11 is 5.85. The molecule has 0 unspecified atom stereocenters. The van der Waals surface area contributed by atoms with E-state index in [9.17, 15) is 4.39 Å². The minimum atomic E-state index is -0.336. The number of halogens is 2. The van der Waals surface area contributed by atoms with Gasteiger partial charge >= 0.3 is 0 Å². The lowest BCUT2D eigenvalue weighted by molar-refractivity contribution is 0.318. The maximum absolute atomic E-state index is 12.8. The van der Waals surface area contributed by atoms with Gasteiger partial charge in [-0.1, -0.05) is 28.9 Å². The molecule has 0 aliphatic carbocycles. The summed E-state index contributed by atoms with van der Waals surface area (Å²) in [5.74, 6) is -0.336. The van der Waals surface area contributed by atoms with E-state index in [0.717, 1.165) is 0 Å². The lowest BCUT2D eigenvalue weighted by Crippen LogP contribution is -2.06. The number of hydrogen-bond acceptors (Lipinski definition) is 3. The van der Waals surface area contributed by atoms with Crippen LogP contribution in [0.5, 0.6) is 0 Å². The third kappa shape index (κ3) is 3.05. The Labute approximate surface area is 109 Å². The van der Waals surface area contributed by atoms with Crippen LogP contribution in [-0.4, -0.2) is 15.9 Å². The SMILES string of the molecule is O/N=C(\Cc1cc(Cl)ccn1)c1ccc(F)cc1. The summed E-state index contributed by atoms with van der Waals surface area (Å²) in [6.07, 6.45) is 1.90. The molecule has 0 aliphatic heterocycles. The van der Waals surface area contributed by atoms with E-state index in [1.165, 1.54) is 12.1 Å². The number of nitrogens with zero attached hydrogens (tertiary/aromatic N) is 2. The van der Waals surface area contributed by atoms with Gasteiger partial charge in [0.25, 0.3) is 0 Å². The van der Waals surface area contributed by atoms with Gasteiger partial charge in [0.05, 0.1) is 5.71 Å². The van der Waals surface area contributed by atoms with Gasteiger partial charge in [0.1, 0.15) is 5.82 Å². The average Bonchev–Trinajstić information content (AvgIpc) is 2.37. The van der Waals surface area contributed by atoms with Crippen molar-refractivity contribution in [3.63, 3.8) is 0 Å². The molecular formula is C13H10ClFN2O. The third-order valence-electron chi connectivity index (χ3n) is 2.43. The number of oxime groups is 1. The van der Waals surface area contributed by atoms with Crippen molar-refractivity contribution >= 4 is 17.3 Å². The highest BCUT2D eigenvalue weighted by Crippen LogP contribution is 2.12. The molecule has 92 valence electrons. The molecule has 0 bridgehead atoms. The first-order valence-electron chi connectivity index (χ1n) is 5.26. The fraction of sp³-hybridized carbons (Fsp3) is 0.0769. The summed E-state index contributed by atoms with van der Waals surface area (Å²) in [7, 11) is 0. The maximum Gasteiger partial charge on any atom is 0.123 e. The minimum absolute atomic E-state index is 0.322. The van der Waals surface area contributed by atoms with E-state index in [4.69, 9.17) is 16.8 Å². The summed E-state index contributed by atoms with van der Waals surface area (Å²) < 4.78 is 12.8. The van der Waals surface area contributed by atoms with Crippen LogP contribution in [0.1, 0.15) is 11.3 Å². The first kappa shape index (κ1) is 12.5. The number of aromatic nitrogens is 1. The summed E-state index contributed by atoms with van der Waals surface area (Å²) in [4.78, 5) is 4.12. The van der Waals surface area contributed by atoms with Crippen molar-refractivity contribution in [2.75, 3.05) is 0 Å². The molecule has 1 aromatic heterocycles. The molecule has 18 heavy (non-hydrogen) atoms. The van der Waals surface area contributed by atoms with E-state index in [1.807, 2.05) is 0 Å². The van der Waals surface area contributed by atoms with Gasteiger partial charge in [0, 0.05) is 23.3 Å². The van der Waals surface area contributed by atoms with Crippen molar-refractivity contribution in [3.8, 4) is 0 Å². The van der Waals surface area contributed by atoms with Gasteiger partial charge in [-0.2, -0.15) is 0 Å². The largest absolute Gasteiger partial charge is 0.411 e. The highest BCUT2D eigenvalue weighted by atomic mass is 35.5. The first-order chi connectivity index (χ1) is 8.69. The zero-order valence-corrected chi connectivity index (χ0v) is 10.1. The van der Waals surface area contributed by atoms with Gasteiger partial charge in [-0.15, -0.1) is 0 Å². The lowest BCUT2D eigenvalue weighted by Gasteiger charge is -2.04. The van der Waals surface area contributed by atoms with Gasteiger partial charge in [0.2, 0.25) is 0 Å². The highest BCUT2D eigenvalue weighted by molar-refractivity contribution is 6.30. The molecule has 0 fully saturated rings. The lowest BCUT2D eigenvalue weighted by atomic mass is 10.1. The van der Waals surface area contributed by atoms with Crippen LogP contribution in [0.2, 0.25) is 5.02 Å². The van der Waals surface area contributed by atoms with Crippen LogP contribution in [0, 0.1) is 5.82 Å². The molecule has 1 heterocycles. The van der Waals surface area contributed by atoms with Crippen molar-refractivity contribution in [1.29, 1.82) is 0 Å². The molecule has 1 aromatic carbocycles. The van der Waals surface area contributed by atoms with E-state index < -0.39 is 0 Å². The third-order valence-corrected chi connectivity index (χ3v) is 2.66. The Balaban J connectivity index is 2.23. The Kier molecular flexibility index (Phi) is 3.89. The summed E-state index contributed by atoms with van der Waals surface area (Å²) in [5.41, 5.74) is 1.73. The molecular weight excluding hydrogens is 255 g/mol. The number of hydrogen-bond donors (Lipinski definition) is 1. The molecule has 0 atom stereocenters. The molecule has 0 spiro atoms. The van der Waals surface area contributed by atoms with Crippen LogP contribution in [0.3, 0.4) is 0 Å². The average molecular weight is 265 g/mol. The van der Waals surface area contributed by atoms with Crippen LogP contribution < -0.4 is 0 Å². The van der Waals surface area contributed by atoms with E-state index in [1.54, 1.807) is 30.5 Å². The molecule has 2 rings (SSSR count). The van der Waals surface area contributed by atoms with Gasteiger partial charge < -0.3 is 5.21 Å². The molecule has 3 nitrogen and oxygen atoms in total. The second kappa shape index (κ2) is 5.60. The van der Waals surface area contributed by atoms with Gasteiger partial charge in [-0.05, 0) is 29.8 Å². The molecule has 1 N–H and O–H groups in total.